The van der Waals surface area contributed by atoms with Crippen LogP contribution in [0.2, 0.25) is 0 Å². The lowest BCUT2D eigenvalue weighted by Gasteiger charge is -2.30. The Bertz CT molecular complexity index is 570. The Kier molecular flexibility index (Phi) is 4.62. The van der Waals surface area contributed by atoms with Gasteiger partial charge in [-0.1, -0.05) is 13.8 Å². The number of hydrogen-bond acceptors (Lipinski definition) is 5. The van der Waals surface area contributed by atoms with E-state index in [1.54, 1.807) is 0 Å². The molecule has 0 bridgehead atoms. The number of H-pyrrole nitrogens is 1. The molecule has 0 spiro atoms. The SMILES string of the molecule is CCN(c1cc(=O)[nH]c(C(C)C)n1)C1COCC1C(=O)O. The molecular formula is C14H21N3O4. The predicted octanol–water partition coefficient (Wildman–Crippen LogP) is 0.819. The third kappa shape index (κ3) is 3.24. The van der Waals surface area contributed by atoms with Crippen molar-refractivity contribution in [3.8, 4) is 0 Å². The number of nitrogens with one attached hydrogen (secondary N) is 1. The lowest BCUT2D eigenvalue weighted by atomic mass is 10.0. The maximum atomic E-state index is 11.8. The lowest BCUT2D eigenvalue weighted by molar-refractivity contribution is -0.141. The third-order valence-corrected chi connectivity index (χ3v) is 3.70. The fourth-order valence-electron chi connectivity index (χ4n) is 2.54. The zero-order chi connectivity index (χ0) is 15.6. The number of aliphatic carboxylic acids is 1. The molecule has 116 valence electrons. The molecule has 2 heterocycles. The second-order valence-corrected chi connectivity index (χ2v) is 5.48. The van der Waals surface area contributed by atoms with Gasteiger partial charge in [0.25, 0.3) is 5.56 Å². The molecule has 0 aliphatic carbocycles. The van der Waals surface area contributed by atoms with E-state index in [0.717, 1.165) is 0 Å². The van der Waals surface area contributed by atoms with E-state index in [4.69, 9.17) is 4.74 Å². The molecule has 1 fully saturated rings. The molecule has 0 saturated carbocycles. The van der Waals surface area contributed by atoms with E-state index >= 15 is 0 Å². The van der Waals surface area contributed by atoms with Crippen molar-refractivity contribution < 1.29 is 14.6 Å². The van der Waals surface area contributed by atoms with Crippen LogP contribution in [0.15, 0.2) is 10.9 Å². The molecule has 0 aromatic carbocycles. The number of aromatic nitrogens is 2. The number of carboxylic acids is 1. The summed E-state index contributed by atoms with van der Waals surface area (Å²) in [4.78, 5) is 32.1. The minimum atomic E-state index is -0.884. The summed E-state index contributed by atoms with van der Waals surface area (Å²) in [6, 6.07) is 1.11. The van der Waals surface area contributed by atoms with Crippen molar-refractivity contribution >= 4 is 11.8 Å². The summed E-state index contributed by atoms with van der Waals surface area (Å²) in [5.41, 5.74) is -0.229. The topological polar surface area (TPSA) is 95.5 Å². The molecule has 1 aliphatic heterocycles. The Morgan fingerprint density at radius 3 is 2.86 bits per heavy atom. The van der Waals surface area contributed by atoms with E-state index in [0.29, 0.717) is 24.8 Å². The van der Waals surface area contributed by atoms with Gasteiger partial charge < -0.3 is 19.7 Å². The van der Waals surface area contributed by atoms with Crippen molar-refractivity contribution in [3.05, 3.63) is 22.2 Å². The molecule has 2 N–H and O–H groups in total. The van der Waals surface area contributed by atoms with Gasteiger partial charge in [0, 0.05) is 18.5 Å². The van der Waals surface area contributed by atoms with Gasteiger partial charge in [0.15, 0.2) is 0 Å². The maximum absolute atomic E-state index is 11.8. The number of hydrogen-bond donors (Lipinski definition) is 2. The molecule has 1 aliphatic rings. The summed E-state index contributed by atoms with van der Waals surface area (Å²) < 4.78 is 5.31. The van der Waals surface area contributed by atoms with Crippen molar-refractivity contribution in [3.63, 3.8) is 0 Å². The van der Waals surface area contributed by atoms with Crippen molar-refractivity contribution in [2.24, 2.45) is 5.92 Å². The van der Waals surface area contributed by atoms with Crippen molar-refractivity contribution in [2.75, 3.05) is 24.7 Å². The number of aromatic amines is 1. The molecule has 1 aromatic heterocycles. The molecule has 7 nitrogen and oxygen atoms in total. The minimum absolute atomic E-state index is 0.0893. The van der Waals surface area contributed by atoms with Gasteiger partial charge in [0.1, 0.15) is 17.6 Å². The highest BCUT2D eigenvalue weighted by Crippen LogP contribution is 2.24. The molecular weight excluding hydrogens is 274 g/mol. The first kappa shape index (κ1) is 15.5. The summed E-state index contributed by atoms with van der Waals surface area (Å²) in [6.07, 6.45) is 0. The van der Waals surface area contributed by atoms with Crippen LogP contribution >= 0.6 is 0 Å². The Morgan fingerprint density at radius 2 is 2.29 bits per heavy atom. The van der Waals surface area contributed by atoms with Gasteiger partial charge in [0.05, 0.1) is 19.3 Å². The number of rotatable bonds is 5. The van der Waals surface area contributed by atoms with Gasteiger partial charge in [-0.25, -0.2) is 4.98 Å². The summed E-state index contributed by atoms with van der Waals surface area (Å²) in [7, 11) is 0. The second-order valence-electron chi connectivity index (χ2n) is 5.48. The van der Waals surface area contributed by atoms with E-state index in [-0.39, 0.29) is 24.1 Å². The Morgan fingerprint density at radius 1 is 1.57 bits per heavy atom. The normalized spacial score (nSPS) is 21.7. The zero-order valence-electron chi connectivity index (χ0n) is 12.5. The maximum Gasteiger partial charge on any atom is 0.311 e. The van der Waals surface area contributed by atoms with Crippen LogP contribution in [0.4, 0.5) is 5.82 Å². The van der Waals surface area contributed by atoms with E-state index < -0.39 is 11.9 Å². The Hall–Kier alpha value is -1.89. The van der Waals surface area contributed by atoms with Gasteiger partial charge in [-0.2, -0.15) is 0 Å². The Labute approximate surface area is 123 Å². The number of carbonyl (C=O) groups is 1. The molecule has 1 aromatic rings. The van der Waals surface area contributed by atoms with Crippen LogP contribution in [0.1, 0.15) is 32.5 Å². The number of likely N-dealkylation sites (N-methyl/N-ethyl adjacent to an activating group) is 1. The van der Waals surface area contributed by atoms with E-state index in [1.165, 1.54) is 6.07 Å². The second kappa shape index (κ2) is 6.26. The van der Waals surface area contributed by atoms with Crippen molar-refractivity contribution in [1.82, 2.24) is 9.97 Å². The lowest BCUT2D eigenvalue weighted by Crippen LogP contribution is -2.44. The van der Waals surface area contributed by atoms with Crippen LogP contribution in [0.5, 0.6) is 0 Å². The molecule has 0 amide bonds. The van der Waals surface area contributed by atoms with E-state index in [9.17, 15) is 14.7 Å². The summed E-state index contributed by atoms with van der Waals surface area (Å²) in [5, 5.41) is 9.28. The highest BCUT2D eigenvalue weighted by atomic mass is 16.5. The first-order valence-corrected chi connectivity index (χ1v) is 7.12. The minimum Gasteiger partial charge on any atom is -0.481 e. The monoisotopic (exact) mass is 295 g/mol. The summed E-state index contributed by atoms with van der Waals surface area (Å²) >= 11 is 0. The summed E-state index contributed by atoms with van der Waals surface area (Å²) in [5.74, 6) is -0.293. The van der Waals surface area contributed by atoms with Crippen LogP contribution in [-0.4, -0.2) is 46.8 Å². The largest absolute Gasteiger partial charge is 0.481 e. The van der Waals surface area contributed by atoms with Crippen LogP contribution < -0.4 is 10.5 Å². The highest BCUT2D eigenvalue weighted by Gasteiger charge is 2.38. The summed E-state index contributed by atoms with van der Waals surface area (Å²) in [6.45, 7) is 6.88. The molecule has 7 heteroatoms. The molecule has 0 radical (unpaired) electrons. The average Bonchev–Trinajstić information content (AvgIpc) is 2.88. The van der Waals surface area contributed by atoms with Gasteiger partial charge in [-0.15, -0.1) is 0 Å². The average molecular weight is 295 g/mol. The van der Waals surface area contributed by atoms with Gasteiger partial charge in [0.2, 0.25) is 0 Å². The molecule has 2 unspecified atom stereocenters. The number of nitrogens with zero attached hydrogens (tertiary/aromatic N) is 2. The van der Waals surface area contributed by atoms with Crippen LogP contribution in [0, 0.1) is 5.92 Å². The third-order valence-electron chi connectivity index (χ3n) is 3.70. The van der Waals surface area contributed by atoms with Crippen LogP contribution in [0.3, 0.4) is 0 Å². The van der Waals surface area contributed by atoms with E-state index in [1.807, 2.05) is 25.7 Å². The van der Waals surface area contributed by atoms with Gasteiger partial charge in [-0.3, -0.25) is 9.59 Å². The smallest absolute Gasteiger partial charge is 0.311 e. The number of ether oxygens (including phenoxy) is 1. The standard InChI is InChI=1S/C14H21N3O4/c1-4-17(10-7-21-6-9(10)14(19)20)11-5-12(18)16-13(15-11)8(2)3/h5,8-10H,4,6-7H2,1-3H3,(H,19,20)(H,15,16,18). The molecule has 2 atom stereocenters. The van der Waals surface area contributed by atoms with Crippen LogP contribution in [0.25, 0.3) is 0 Å². The van der Waals surface area contributed by atoms with Gasteiger partial charge >= 0.3 is 5.97 Å². The quantitative estimate of drug-likeness (QED) is 0.835. The molecule has 21 heavy (non-hydrogen) atoms. The fraction of sp³-hybridized carbons (Fsp3) is 0.643. The predicted molar refractivity (Wildman–Crippen MR) is 77.7 cm³/mol. The fourth-order valence-corrected chi connectivity index (χ4v) is 2.54. The highest BCUT2D eigenvalue weighted by molar-refractivity contribution is 5.72. The number of carboxylic acid groups (broad SMARTS) is 1. The van der Waals surface area contributed by atoms with Gasteiger partial charge in [-0.05, 0) is 6.92 Å². The molecule has 1 saturated heterocycles. The Balaban J connectivity index is 2.37. The van der Waals surface area contributed by atoms with E-state index in [2.05, 4.69) is 9.97 Å². The first-order valence-electron chi connectivity index (χ1n) is 7.12. The van der Waals surface area contributed by atoms with Crippen LogP contribution in [-0.2, 0) is 9.53 Å². The zero-order valence-corrected chi connectivity index (χ0v) is 12.5. The number of anilines is 1. The van der Waals surface area contributed by atoms with Crippen molar-refractivity contribution in [2.45, 2.75) is 32.7 Å². The first-order chi connectivity index (χ1) is 9.93. The molecule has 2 rings (SSSR count). The van der Waals surface area contributed by atoms with Crippen molar-refractivity contribution in [1.29, 1.82) is 0 Å².